The summed E-state index contributed by atoms with van der Waals surface area (Å²) in [6.45, 7) is 5.01. The van der Waals surface area contributed by atoms with Gasteiger partial charge in [0.25, 0.3) is 0 Å². The molecule has 0 saturated carbocycles. The Kier molecular flexibility index (Phi) is 5.73. The molecule has 1 heterocycles. The molecule has 0 bridgehead atoms. The standard InChI is InChI=1S/C11H22N2O3/c1-2-6-16-9-4-3-5-13(7-9)8-10(12)11(14)15/h9-10H,2-8,12H2,1H3,(H,14,15). The first-order chi connectivity index (χ1) is 7.63. The first-order valence-electron chi connectivity index (χ1n) is 5.95. The van der Waals surface area contributed by atoms with Crippen molar-refractivity contribution in [3.8, 4) is 0 Å². The Morgan fingerprint density at radius 1 is 1.69 bits per heavy atom. The minimum absolute atomic E-state index is 0.245. The molecular weight excluding hydrogens is 208 g/mol. The zero-order valence-electron chi connectivity index (χ0n) is 9.89. The topological polar surface area (TPSA) is 75.8 Å². The Bertz CT molecular complexity index is 223. The van der Waals surface area contributed by atoms with Gasteiger partial charge in [-0.15, -0.1) is 0 Å². The van der Waals surface area contributed by atoms with Gasteiger partial charge in [-0.05, 0) is 25.8 Å². The third-order valence-electron chi connectivity index (χ3n) is 2.79. The summed E-state index contributed by atoms with van der Waals surface area (Å²) in [6.07, 6.45) is 3.39. The first kappa shape index (κ1) is 13.4. The van der Waals surface area contributed by atoms with Crippen LogP contribution in [-0.2, 0) is 9.53 Å². The normalized spacial score (nSPS) is 24.2. The van der Waals surface area contributed by atoms with Gasteiger partial charge in [-0.1, -0.05) is 6.92 Å². The maximum atomic E-state index is 10.6. The SMILES string of the molecule is CCCOC1CCCN(CC(N)C(=O)O)C1. The fraction of sp³-hybridized carbons (Fsp3) is 0.909. The van der Waals surface area contributed by atoms with Crippen molar-refractivity contribution in [3.05, 3.63) is 0 Å². The Labute approximate surface area is 96.6 Å². The van der Waals surface area contributed by atoms with E-state index < -0.39 is 12.0 Å². The molecule has 2 unspecified atom stereocenters. The molecule has 0 spiro atoms. The van der Waals surface area contributed by atoms with Crippen LogP contribution >= 0.6 is 0 Å². The molecule has 1 rings (SSSR count). The van der Waals surface area contributed by atoms with Gasteiger partial charge in [0.2, 0.25) is 0 Å². The quantitative estimate of drug-likeness (QED) is 0.686. The molecule has 5 heteroatoms. The summed E-state index contributed by atoms with van der Waals surface area (Å²) in [6, 6.07) is -0.787. The number of piperidine rings is 1. The van der Waals surface area contributed by atoms with Crippen molar-refractivity contribution < 1.29 is 14.6 Å². The third-order valence-corrected chi connectivity index (χ3v) is 2.79. The summed E-state index contributed by atoms with van der Waals surface area (Å²) in [5, 5.41) is 8.74. The number of carboxylic acids is 1. The van der Waals surface area contributed by atoms with Crippen molar-refractivity contribution in [1.29, 1.82) is 0 Å². The second kappa shape index (κ2) is 6.83. The van der Waals surface area contributed by atoms with Crippen molar-refractivity contribution in [2.45, 2.75) is 38.3 Å². The van der Waals surface area contributed by atoms with E-state index in [1.165, 1.54) is 0 Å². The van der Waals surface area contributed by atoms with Gasteiger partial charge >= 0.3 is 5.97 Å². The molecule has 0 aromatic carbocycles. The lowest BCUT2D eigenvalue weighted by Crippen LogP contribution is -2.48. The Morgan fingerprint density at radius 3 is 3.06 bits per heavy atom. The van der Waals surface area contributed by atoms with Crippen LogP contribution in [0.25, 0.3) is 0 Å². The second-order valence-electron chi connectivity index (χ2n) is 4.34. The summed E-state index contributed by atoms with van der Waals surface area (Å²) >= 11 is 0. The maximum absolute atomic E-state index is 10.6. The van der Waals surface area contributed by atoms with E-state index in [0.29, 0.717) is 6.54 Å². The molecule has 94 valence electrons. The van der Waals surface area contributed by atoms with Crippen LogP contribution < -0.4 is 5.73 Å². The lowest BCUT2D eigenvalue weighted by molar-refractivity contribution is -0.139. The largest absolute Gasteiger partial charge is 0.480 e. The molecule has 0 aromatic rings. The molecule has 0 radical (unpaired) electrons. The highest BCUT2D eigenvalue weighted by Gasteiger charge is 2.23. The minimum Gasteiger partial charge on any atom is -0.480 e. The Hall–Kier alpha value is -0.650. The first-order valence-corrected chi connectivity index (χ1v) is 5.95. The Balaban J connectivity index is 2.29. The lowest BCUT2D eigenvalue weighted by Gasteiger charge is -2.33. The molecule has 0 aliphatic carbocycles. The minimum atomic E-state index is -0.934. The molecule has 0 amide bonds. The number of carbonyl (C=O) groups is 1. The van der Waals surface area contributed by atoms with Crippen LogP contribution in [0, 0.1) is 0 Å². The van der Waals surface area contributed by atoms with Crippen molar-refractivity contribution in [3.63, 3.8) is 0 Å². The maximum Gasteiger partial charge on any atom is 0.321 e. The molecular formula is C11H22N2O3. The van der Waals surface area contributed by atoms with Gasteiger partial charge in [-0.2, -0.15) is 0 Å². The summed E-state index contributed by atoms with van der Waals surface area (Å²) in [7, 11) is 0. The van der Waals surface area contributed by atoms with Gasteiger partial charge in [0, 0.05) is 19.7 Å². The van der Waals surface area contributed by atoms with Crippen LogP contribution in [-0.4, -0.2) is 54.4 Å². The van der Waals surface area contributed by atoms with E-state index in [2.05, 4.69) is 11.8 Å². The lowest BCUT2D eigenvalue weighted by atomic mass is 10.1. The fourth-order valence-corrected chi connectivity index (χ4v) is 1.96. The van der Waals surface area contributed by atoms with E-state index in [1.54, 1.807) is 0 Å². The smallest absolute Gasteiger partial charge is 0.321 e. The van der Waals surface area contributed by atoms with Crippen LogP contribution in [0.3, 0.4) is 0 Å². The number of ether oxygens (including phenoxy) is 1. The van der Waals surface area contributed by atoms with Gasteiger partial charge in [0.1, 0.15) is 6.04 Å². The van der Waals surface area contributed by atoms with Crippen LogP contribution in [0.15, 0.2) is 0 Å². The molecule has 5 nitrogen and oxygen atoms in total. The highest BCUT2D eigenvalue weighted by Crippen LogP contribution is 2.13. The van der Waals surface area contributed by atoms with Gasteiger partial charge in [0.15, 0.2) is 0 Å². The van der Waals surface area contributed by atoms with Gasteiger partial charge in [0.05, 0.1) is 6.10 Å². The molecule has 1 saturated heterocycles. The monoisotopic (exact) mass is 230 g/mol. The molecule has 16 heavy (non-hydrogen) atoms. The summed E-state index contributed by atoms with van der Waals surface area (Å²) in [5.41, 5.74) is 5.51. The average Bonchev–Trinajstić information content (AvgIpc) is 2.26. The number of hydrogen-bond donors (Lipinski definition) is 2. The van der Waals surface area contributed by atoms with E-state index in [4.69, 9.17) is 15.6 Å². The number of carboxylic acid groups (broad SMARTS) is 1. The summed E-state index contributed by atoms with van der Waals surface area (Å²) in [4.78, 5) is 12.7. The van der Waals surface area contributed by atoms with Crippen molar-refractivity contribution in [2.75, 3.05) is 26.2 Å². The Morgan fingerprint density at radius 2 is 2.44 bits per heavy atom. The summed E-state index contributed by atoms with van der Waals surface area (Å²) < 4.78 is 5.67. The average molecular weight is 230 g/mol. The van der Waals surface area contributed by atoms with Crippen LogP contribution in [0.1, 0.15) is 26.2 Å². The predicted molar refractivity (Wildman–Crippen MR) is 61.3 cm³/mol. The van der Waals surface area contributed by atoms with Crippen LogP contribution in [0.2, 0.25) is 0 Å². The van der Waals surface area contributed by atoms with Crippen molar-refractivity contribution in [2.24, 2.45) is 5.73 Å². The second-order valence-corrected chi connectivity index (χ2v) is 4.34. The number of nitrogens with two attached hydrogens (primary N) is 1. The van der Waals surface area contributed by atoms with Crippen LogP contribution in [0.4, 0.5) is 0 Å². The van der Waals surface area contributed by atoms with Gasteiger partial charge in [-0.25, -0.2) is 0 Å². The van der Waals surface area contributed by atoms with Crippen molar-refractivity contribution >= 4 is 5.97 Å². The molecule has 1 aliphatic heterocycles. The van der Waals surface area contributed by atoms with E-state index in [1.807, 2.05) is 0 Å². The number of likely N-dealkylation sites (tertiary alicyclic amines) is 1. The highest BCUT2D eigenvalue weighted by atomic mass is 16.5. The van der Waals surface area contributed by atoms with E-state index in [-0.39, 0.29) is 6.10 Å². The van der Waals surface area contributed by atoms with E-state index in [0.717, 1.165) is 39.0 Å². The predicted octanol–water partition coefficient (Wildman–Crippen LogP) is 0.289. The zero-order valence-corrected chi connectivity index (χ0v) is 9.89. The molecule has 0 aromatic heterocycles. The number of aliphatic carboxylic acids is 1. The highest BCUT2D eigenvalue weighted by molar-refractivity contribution is 5.73. The van der Waals surface area contributed by atoms with Crippen LogP contribution in [0.5, 0.6) is 0 Å². The van der Waals surface area contributed by atoms with E-state index in [9.17, 15) is 4.79 Å². The number of hydrogen-bond acceptors (Lipinski definition) is 4. The van der Waals surface area contributed by atoms with E-state index >= 15 is 0 Å². The number of rotatable bonds is 6. The molecule has 1 fully saturated rings. The van der Waals surface area contributed by atoms with Gasteiger partial charge < -0.3 is 15.6 Å². The zero-order chi connectivity index (χ0) is 12.0. The summed E-state index contributed by atoms with van der Waals surface area (Å²) in [5.74, 6) is -0.934. The van der Waals surface area contributed by atoms with Gasteiger partial charge in [-0.3, -0.25) is 9.69 Å². The third kappa shape index (κ3) is 4.47. The van der Waals surface area contributed by atoms with Crippen molar-refractivity contribution in [1.82, 2.24) is 4.90 Å². The molecule has 1 aliphatic rings. The molecule has 3 N–H and O–H groups in total. The molecule has 2 atom stereocenters. The fourth-order valence-electron chi connectivity index (χ4n) is 1.96. The number of nitrogens with zero attached hydrogens (tertiary/aromatic N) is 1.